The molecule has 0 aromatic heterocycles. The van der Waals surface area contributed by atoms with E-state index in [2.05, 4.69) is 5.43 Å². The molecule has 1 saturated heterocycles. The fraction of sp³-hybridized carbons (Fsp3) is 0.750. The Morgan fingerprint density at radius 1 is 1.67 bits per heavy atom. The van der Waals surface area contributed by atoms with Gasteiger partial charge in [0.1, 0.15) is 0 Å². The summed E-state index contributed by atoms with van der Waals surface area (Å²) >= 11 is 0. The molecule has 0 saturated carbocycles. The van der Waals surface area contributed by atoms with Crippen LogP contribution >= 0.6 is 0 Å². The van der Waals surface area contributed by atoms with E-state index in [9.17, 15) is 4.79 Å². The highest BCUT2D eigenvalue weighted by Crippen LogP contribution is 2.01. The first-order valence-corrected chi connectivity index (χ1v) is 2.57. The molecule has 5 nitrogen and oxygen atoms in total. The van der Waals surface area contributed by atoms with Gasteiger partial charge in [0, 0.05) is 14.1 Å². The fourth-order valence-corrected chi connectivity index (χ4v) is 0.656. The lowest BCUT2D eigenvalue weighted by Gasteiger charge is -2.08. The van der Waals surface area contributed by atoms with Gasteiger partial charge in [-0.05, 0) is 0 Å². The van der Waals surface area contributed by atoms with Crippen LogP contribution in [0.25, 0.3) is 0 Å². The Labute approximate surface area is 52.8 Å². The number of hydrogen-bond acceptors (Lipinski definition) is 3. The van der Waals surface area contributed by atoms with E-state index in [0.717, 1.165) is 0 Å². The van der Waals surface area contributed by atoms with Gasteiger partial charge in [0.2, 0.25) is 6.35 Å². The molecule has 1 unspecified atom stereocenters. The Morgan fingerprint density at radius 3 is 2.33 bits per heavy atom. The largest absolute Gasteiger partial charge is 0.360 e. The Bertz CT molecular complexity index is 138. The summed E-state index contributed by atoms with van der Waals surface area (Å²) in [6.45, 7) is 0. The number of carbonyl (C=O) groups is 1. The van der Waals surface area contributed by atoms with Gasteiger partial charge >= 0.3 is 6.03 Å². The van der Waals surface area contributed by atoms with Crippen LogP contribution in [-0.2, 0) is 0 Å². The molecule has 2 amide bonds. The normalized spacial score (nSPS) is 27.9. The maximum atomic E-state index is 10.7. The number of nitrogens with zero attached hydrogens (tertiary/aromatic N) is 2. The van der Waals surface area contributed by atoms with Crippen molar-refractivity contribution in [2.75, 3.05) is 14.1 Å². The third-order valence-corrected chi connectivity index (χ3v) is 1.26. The van der Waals surface area contributed by atoms with E-state index in [1.54, 1.807) is 7.05 Å². The van der Waals surface area contributed by atoms with Crippen molar-refractivity contribution in [1.29, 1.82) is 0 Å². The Kier molecular flexibility index (Phi) is 1.30. The minimum atomic E-state index is -0.873. The third kappa shape index (κ3) is 0.839. The number of hydrazine groups is 1. The summed E-state index contributed by atoms with van der Waals surface area (Å²) in [5.41, 5.74) is 2.48. The highest BCUT2D eigenvalue weighted by molar-refractivity contribution is 5.75. The summed E-state index contributed by atoms with van der Waals surface area (Å²) in [6.07, 6.45) is -0.873. The average molecular weight is 131 g/mol. The SMILES string of the molecule is CN1NC(O)N(C)C1=O. The Balaban J connectivity index is 2.65. The molecule has 9 heavy (non-hydrogen) atoms. The molecule has 1 aliphatic heterocycles. The van der Waals surface area contributed by atoms with Gasteiger partial charge in [-0.1, -0.05) is 0 Å². The number of urea groups is 1. The lowest BCUT2D eigenvalue weighted by molar-refractivity contribution is 0.0395. The molecule has 2 N–H and O–H groups in total. The zero-order valence-electron chi connectivity index (χ0n) is 5.33. The predicted molar refractivity (Wildman–Crippen MR) is 30.1 cm³/mol. The molecule has 1 heterocycles. The van der Waals surface area contributed by atoms with Gasteiger partial charge in [0.05, 0.1) is 0 Å². The molecule has 0 aromatic rings. The number of hydrogen-bond donors (Lipinski definition) is 2. The lowest BCUT2D eigenvalue weighted by Crippen LogP contribution is -2.34. The van der Waals surface area contributed by atoms with Gasteiger partial charge in [-0.25, -0.2) is 4.79 Å². The summed E-state index contributed by atoms with van der Waals surface area (Å²) in [6, 6.07) is -0.234. The van der Waals surface area contributed by atoms with Crippen molar-refractivity contribution in [3.05, 3.63) is 0 Å². The minimum Gasteiger partial charge on any atom is -0.360 e. The van der Waals surface area contributed by atoms with Crippen molar-refractivity contribution in [2.45, 2.75) is 6.35 Å². The number of carbonyl (C=O) groups excluding carboxylic acids is 1. The second-order valence-electron chi connectivity index (χ2n) is 1.96. The Hall–Kier alpha value is -0.810. The summed E-state index contributed by atoms with van der Waals surface area (Å²) in [5, 5.41) is 10.1. The van der Waals surface area contributed by atoms with Gasteiger partial charge in [0.25, 0.3) is 0 Å². The number of aliphatic hydroxyl groups excluding tert-OH is 1. The van der Waals surface area contributed by atoms with Crippen LogP contribution in [0.5, 0.6) is 0 Å². The first kappa shape index (κ1) is 6.31. The van der Waals surface area contributed by atoms with Crippen molar-refractivity contribution in [3.63, 3.8) is 0 Å². The van der Waals surface area contributed by atoms with Crippen LogP contribution in [0, 0.1) is 0 Å². The molecule has 0 spiro atoms. The van der Waals surface area contributed by atoms with Crippen molar-refractivity contribution < 1.29 is 9.90 Å². The first-order valence-electron chi connectivity index (χ1n) is 2.57. The highest BCUT2D eigenvalue weighted by Gasteiger charge is 2.29. The first-order chi connectivity index (χ1) is 4.13. The van der Waals surface area contributed by atoms with Crippen LogP contribution in [-0.4, -0.2) is 41.5 Å². The van der Waals surface area contributed by atoms with Crippen molar-refractivity contribution in [2.24, 2.45) is 0 Å². The van der Waals surface area contributed by atoms with Crippen LogP contribution in [0.15, 0.2) is 0 Å². The molecule has 1 rings (SSSR count). The number of nitrogens with one attached hydrogen (secondary N) is 1. The fourth-order valence-electron chi connectivity index (χ4n) is 0.656. The zero-order valence-corrected chi connectivity index (χ0v) is 5.33. The lowest BCUT2D eigenvalue weighted by atomic mass is 10.8. The predicted octanol–water partition coefficient (Wildman–Crippen LogP) is -1.24. The van der Waals surface area contributed by atoms with E-state index < -0.39 is 6.35 Å². The van der Waals surface area contributed by atoms with Crippen LogP contribution in [0.2, 0.25) is 0 Å². The smallest absolute Gasteiger partial charge is 0.337 e. The maximum Gasteiger partial charge on any atom is 0.337 e. The molecule has 52 valence electrons. The second-order valence-corrected chi connectivity index (χ2v) is 1.96. The van der Waals surface area contributed by atoms with Gasteiger partial charge in [-0.2, -0.15) is 5.43 Å². The number of aliphatic hydroxyl groups is 1. The van der Waals surface area contributed by atoms with Gasteiger partial charge < -0.3 is 5.11 Å². The quantitative estimate of drug-likeness (QED) is 0.432. The van der Waals surface area contributed by atoms with E-state index in [1.165, 1.54) is 17.0 Å². The van der Waals surface area contributed by atoms with Crippen LogP contribution in [0.1, 0.15) is 0 Å². The molecule has 0 aliphatic carbocycles. The standard InChI is InChI=1S/C4H9N3O2/c1-6-3(8)5-7(2)4(6)9/h3,5,8H,1-2H3. The molecule has 5 heteroatoms. The van der Waals surface area contributed by atoms with Crippen molar-refractivity contribution >= 4 is 6.03 Å². The second kappa shape index (κ2) is 1.85. The summed E-state index contributed by atoms with van der Waals surface area (Å²) in [4.78, 5) is 11.9. The number of amides is 2. The number of rotatable bonds is 0. The van der Waals surface area contributed by atoms with E-state index >= 15 is 0 Å². The van der Waals surface area contributed by atoms with Crippen molar-refractivity contribution in [1.82, 2.24) is 15.3 Å². The topological polar surface area (TPSA) is 55.8 Å². The van der Waals surface area contributed by atoms with Crippen LogP contribution in [0.3, 0.4) is 0 Å². The molecule has 0 bridgehead atoms. The summed E-state index contributed by atoms with van der Waals surface area (Å²) in [7, 11) is 3.07. The van der Waals surface area contributed by atoms with E-state index in [-0.39, 0.29) is 6.03 Å². The van der Waals surface area contributed by atoms with E-state index in [1.807, 2.05) is 0 Å². The molecule has 1 atom stereocenters. The van der Waals surface area contributed by atoms with Crippen LogP contribution < -0.4 is 5.43 Å². The average Bonchev–Trinajstić information content (AvgIpc) is 1.98. The zero-order chi connectivity index (χ0) is 7.02. The molecular formula is C4H9N3O2. The molecular weight excluding hydrogens is 122 g/mol. The molecule has 1 aliphatic rings. The monoisotopic (exact) mass is 131 g/mol. The van der Waals surface area contributed by atoms with Gasteiger partial charge in [-0.15, -0.1) is 0 Å². The third-order valence-electron chi connectivity index (χ3n) is 1.26. The minimum absolute atomic E-state index is 0.234. The van der Waals surface area contributed by atoms with Crippen LogP contribution in [0.4, 0.5) is 4.79 Å². The Morgan fingerprint density at radius 2 is 2.22 bits per heavy atom. The molecule has 0 radical (unpaired) electrons. The maximum absolute atomic E-state index is 10.7. The van der Waals surface area contributed by atoms with Crippen molar-refractivity contribution in [3.8, 4) is 0 Å². The van der Waals surface area contributed by atoms with Gasteiger partial charge in [0.15, 0.2) is 0 Å². The van der Waals surface area contributed by atoms with Gasteiger partial charge in [-0.3, -0.25) is 9.91 Å². The molecule has 1 fully saturated rings. The van der Waals surface area contributed by atoms with E-state index in [0.29, 0.717) is 0 Å². The van der Waals surface area contributed by atoms with E-state index in [4.69, 9.17) is 5.11 Å². The molecule has 0 aromatic carbocycles. The summed E-state index contributed by atoms with van der Waals surface area (Å²) < 4.78 is 0. The highest BCUT2D eigenvalue weighted by atomic mass is 16.3. The summed E-state index contributed by atoms with van der Waals surface area (Å²) in [5.74, 6) is 0.